The second kappa shape index (κ2) is 5.92. The van der Waals surface area contributed by atoms with Crippen LogP contribution in [-0.2, 0) is 9.59 Å². The summed E-state index contributed by atoms with van der Waals surface area (Å²) in [5.41, 5.74) is 6.40. The third-order valence-electron chi connectivity index (χ3n) is 3.31. The molecule has 2 rings (SSSR count). The van der Waals surface area contributed by atoms with Crippen molar-refractivity contribution in [3.05, 3.63) is 24.3 Å². The van der Waals surface area contributed by atoms with Gasteiger partial charge in [-0.25, -0.2) is 4.79 Å². The molecule has 0 bridgehead atoms. The molecule has 1 heterocycles. The Morgan fingerprint density at radius 1 is 1.50 bits per heavy atom. The van der Waals surface area contributed by atoms with Crippen LogP contribution in [0.25, 0.3) is 0 Å². The number of carboxylic acid groups (broad SMARTS) is 1. The van der Waals surface area contributed by atoms with Gasteiger partial charge >= 0.3 is 5.97 Å². The molecule has 108 valence electrons. The minimum atomic E-state index is -1.09. The van der Waals surface area contributed by atoms with Gasteiger partial charge in [-0.1, -0.05) is 19.1 Å². The minimum absolute atomic E-state index is 0.00160. The van der Waals surface area contributed by atoms with E-state index in [1.165, 1.54) is 4.90 Å². The number of nitrogens with zero attached hydrogens (tertiary/aromatic N) is 1. The van der Waals surface area contributed by atoms with Crippen molar-refractivity contribution in [3.63, 3.8) is 0 Å². The van der Waals surface area contributed by atoms with Crippen molar-refractivity contribution in [1.82, 2.24) is 0 Å². The van der Waals surface area contributed by atoms with Crippen molar-refractivity contribution in [2.45, 2.75) is 31.9 Å². The van der Waals surface area contributed by atoms with E-state index < -0.39 is 12.1 Å². The molecule has 2 atom stereocenters. The lowest BCUT2D eigenvalue weighted by Crippen LogP contribution is -2.48. The van der Waals surface area contributed by atoms with Crippen LogP contribution in [0.3, 0.4) is 0 Å². The van der Waals surface area contributed by atoms with E-state index in [1.54, 1.807) is 24.3 Å². The smallest absolute Gasteiger partial charge is 0.346 e. The Labute approximate surface area is 117 Å². The topological polar surface area (TPSA) is 92.9 Å². The van der Waals surface area contributed by atoms with Crippen LogP contribution in [0.1, 0.15) is 19.8 Å². The number of rotatable bonds is 4. The van der Waals surface area contributed by atoms with Crippen molar-refractivity contribution in [2.75, 3.05) is 11.4 Å². The molecule has 2 unspecified atom stereocenters. The third kappa shape index (κ3) is 2.91. The molecular weight excluding hydrogens is 260 g/mol. The fourth-order valence-corrected chi connectivity index (χ4v) is 2.08. The normalized spacial score (nSPS) is 18.9. The average Bonchev–Trinajstić information content (AvgIpc) is 2.45. The molecule has 20 heavy (non-hydrogen) atoms. The highest BCUT2D eigenvalue weighted by atomic mass is 16.5. The lowest BCUT2D eigenvalue weighted by Gasteiger charge is -2.33. The molecule has 1 aromatic carbocycles. The van der Waals surface area contributed by atoms with Crippen molar-refractivity contribution < 1.29 is 19.4 Å². The summed E-state index contributed by atoms with van der Waals surface area (Å²) in [5.74, 6) is -0.858. The number of hydrogen-bond acceptors (Lipinski definition) is 4. The van der Waals surface area contributed by atoms with Gasteiger partial charge in [-0.3, -0.25) is 4.79 Å². The molecule has 0 spiro atoms. The zero-order valence-electron chi connectivity index (χ0n) is 11.3. The van der Waals surface area contributed by atoms with E-state index in [2.05, 4.69) is 0 Å². The standard InChI is InChI=1S/C14H18N2O4/c1-2-9(15)7-13(17)16-8-12(14(18)19)20-11-6-4-3-5-10(11)16/h3-6,9,12H,2,7-8,15H2,1H3,(H,18,19). The number of para-hydroxylation sites is 2. The summed E-state index contributed by atoms with van der Waals surface area (Å²) < 4.78 is 5.38. The first-order chi connectivity index (χ1) is 9.52. The summed E-state index contributed by atoms with van der Waals surface area (Å²) in [5, 5.41) is 9.10. The predicted octanol–water partition coefficient (Wildman–Crippen LogP) is 0.993. The molecule has 1 aromatic rings. The fraction of sp³-hybridized carbons (Fsp3) is 0.429. The Bertz CT molecular complexity index is 518. The number of nitrogens with two attached hydrogens (primary N) is 1. The predicted molar refractivity (Wildman–Crippen MR) is 73.7 cm³/mol. The van der Waals surface area contributed by atoms with Crippen LogP contribution in [0, 0.1) is 0 Å². The molecule has 0 aliphatic carbocycles. The van der Waals surface area contributed by atoms with Gasteiger partial charge in [0.25, 0.3) is 0 Å². The molecule has 6 nitrogen and oxygen atoms in total. The first-order valence-electron chi connectivity index (χ1n) is 6.57. The maximum absolute atomic E-state index is 12.3. The highest BCUT2D eigenvalue weighted by molar-refractivity contribution is 5.96. The zero-order valence-corrected chi connectivity index (χ0v) is 11.3. The van der Waals surface area contributed by atoms with Gasteiger partial charge in [0.05, 0.1) is 12.2 Å². The lowest BCUT2D eigenvalue weighted by molar-refractivity contribution is -0.145. The van der Waals surface area contributed by atoms with Crippen LogP contribution >= 0.6 is 0 Å². The molecule has 0 radical (unpaired) electrons. The number of carbonyl (C=O) groups excluding carboxylic acids is 1. The maximum atomic E-state index is 12.3. The van der Waals surface area contributed by atoms with E-state index >= 15 is 0 Å². The number of anilines is 1. The summed E-state index contributed by atoms with van der Waals surface area (Å²) in [7, 11) is 0. The molecular formula is C14H18N2O4. The second-order valence-corrected chi connectivity index (χ2v) is 4.79. The molecule has 1 aliphatic heterocycles. The molecule has 3 N–H and O–H groups in total. The van der Waals surface area contributed by atoms with Crippen LogP contribution in [0.15, 0.2) is 24.3 Å². The van der Waals surface area contributed by atoms with Gasteiger partial charge < -0.3 is 20.5 Å². The van der Waals surface area contributed by atoms with Crippen LogP contribution < -0.4 is 15.4 Å². The summed E-state index contributed by atoms with van der Waals surface area (Å²) >= 11 is 0. The van der Waals surface area contributed by atoms with Gasteiger partial charge in [-0.05, 0) is 18.6 Å². The van der Waals surface area contributed by atoms with Gasteiger partial charge in [-0.15, -0.1) is 0 Å². The monoisotopic (exact) mass is 278 g/mol. The number of carboxylic acids is 1. The Kier molecular flexibility index (Phi) is 4.24. The van der Waals surface area contributed by atoms with E-state index in [9.17, 15) is 9.59 Å². The molecule has 0 saturated heterocycles. The van der Waals surface area contributed by atoms with Crippen LogP contribution in [-0.4, -0.2) is 35.7 Å². The van der Waals surface area contributed by atoms with Crippen molar-refractivity contribution in [3.8, 4) is 5.75 Å². The van der Waals surface area contributed by atoms with E-state index in [0.717, 1.165) is 0 Å². The SMILES string of the molecule is CCC(N)CC(=O)N1CC(C(=O)O)Oc2ccccc21. The molecule has 0 fully saturated rings. The number of fused-ring (bicyclic) bond motifs is 1. The quantitative estimate of drug-likeness (QED) is 0.856. The highest BCUT2D eigenvalue weighted by Crippen LogP contribution is 2.33. The zero-order chi connectivity index (χ0) is 14.7. The molecule has 1 amide bonds. The fourth-order valence-electron chi connectivity index (χ4n) is 2.08. The van der Waals surface area contributed by atoms with Gasteiger partial charge in [0.15, 0.2) is 0 Å². The van der Waals surface area contributed by atoms with E-state index in [1.807, 2.05) is 6.92 Å². The summed E-state index contributed by atoms with van der Waals surface area (Å²) in [6, 6.07) is 6.70. The Morgan fingerprint density at radius 2 is 2.20 bits per heavy atom. The van der Waals surface area contributed by atoms with Gasteiger partial charge in [0.1, 0.15) is 5.75 Å². The molecule has 0 saturated carbocycles. The van der Waals surface area contributed by atoms with Crippen LogP contribution in [0.4, 0.5) is 5.69 Å². The van der Waals surface area contributed by atoms with Gasteiger partial charge in [0.2, 0.25) is 12.0 Å². The average molecular weight is 278 g/mol. The Balaban J connectivity index is 2.26. The number of ether oxygens (including phenoxy) is 1. The van der Waals surface area contributed by atoms with Crippen molar-refractivity contribution >= 4 is 17.6 Å². The van der Waals surface area contributed by atoms with Crippen molar-refractivity contribution in [2.24, 2.45) is 5.73 Å². The number of carbonyl (C=O) groups is 2. The third-order valence-corrected chi connectivity index (χ3v) is 3.31. The number of amides is 1. The molecule has 1 aliphatic rings. The summed E-state index contributed by atoms with van der Waals surface area (Å²) in [4.78, 5) is 24.9. The van der Waals surface area contributed by atoms with E-state index in [0.29, 0.717) is 17.9 Å². The number of aliphatic carboxylic acids is 1. The number of hydrogen-bond donors (Lipinski definition) is 2. The van der Waals surface area contributed by atoms with E-state index in [-0.39, 0.29) is 24.9 Å². The first-order valence-corrected chi connectivity index (χ1v) is 6.57. The van der Waals surface area contributed by atoms with Gasteiger partial charge in [0, 0.05) is 12.5 Å². The number of benzene rings is 1. The Morgan fingerprint density at radius 3 is 2.85 bits per heavy atom. The lowest BCUT2D eigenvalue weighted by atomic mass is 10.1. The van der Waals surface area contributed by atoms with E-state index in [4.69, 9.17) is 15.6 Å². The first kappa shape index (κ1) is 14.3. The van der Waals surface area contributed by atoms with Crippen LogP contribution in [0.2, 0.25) is 0 Å². The highest BCUT2D eigenvalue weighted by Gasteiger charge is 2.33. The largest absolute Gasteiger partial charge is 0.478 e. The minimum Gasteiger partial charge on any atom is -0.478 e. The summed E-state index contributed by atoms with van der Waals surface area (Å²) in [6.07, 6.45) is -0.163. The van der Waals surface area contributed by atoms with Crippen molar-refractivity contribution in [1.29, 1.82) is 0 Å². The maximum Gasteiger partial charge on any atom is 0.346 e. The Hall–Kier alpha value is -2.08. The molecule has 6 heteroatoms. The summed E-state index contributed by atoms with van der Waals surface area (Å²) in [6.45, 7) is 1.91. The molecule has 0 aromatic heterocycles. The second-order valence-electron chi connectivity index (χ2n) is 4.79. The van der Waals surface area contributed by atoms with Gasteiger partial charge in [-0.2, -0.15) is 0 Å². The van der Waals surface area contributed by atoms with Crippen LogP contribution in [0.5, 0.6) is 5.75 Å².